The molecule has 1 aromatic heterocycles. The van der Waals surface area contributed by atoms with E-state index in [4.69, 9.17) is 21.8 Å². The van der Waals surface area contributed by atoms with Gasteiger partial charge in [0.15, 0.2) is 0 Å². The van der Waals surface area contributed by atoms with Crippen LogP contribution in [0.3, 0.4) is 0 Å². The number of halogens is 2. The van der Waals surface area contributed by atoms with Crippen LogP contribution in [0.1, 0.15) is 28.5 Å². The topological polar surface area (TPSA) is 39.2 Å². The van der Waals surface area contributed by atoms with Crippen molar-refractivity contribution >= 4 is 22.6 Å². The van der Waals surface area contributed by atoms with Crippen molar-refractivity contribution in [3.8, 4) is 0 Å². The van der Waals surface area contributed by atoms with E-state index in [1.807, 2.05) is 25.1 Å². The van der Waals surface area contributed by atoms with Crippen LogP contribution in [-0.4, -0.2) is 0 Å². The fourth-order valence-electron chi connectivity index (χ4n) is 2.46. The molecule has 1 unspecified atom stereocenters. The number of hydrogen-bond acceptors (Lipinski definition) is 2. The highest BCUT2D eigenvalue weighted by Crippen LogP contribution is 2.33. The van der Waals surface area contributed by atoms with Crippen LogP contribution >= 0.6 is 11.6 Å². The molecule has 2 N–H and O–H groups in total. The average Bonchev–Trinajstić information content (AvgIpc) is 2.78. The van der Waals surface area contributed by atoms with E-state index in [-0.39, 0.29) is 5.82 Å². The number of aryl methyl sites for hydroxylation is 2. The minimum absolute atomic E-state index is 0.264. The lowest BCUT2D eigenvalue weighted by Crippen LogP contribution is -2.12. The Kier molecular flexibility index (Phi) is 3.47. The Morgan fingerprint density at radius 2 is 1.90 bits per heavy atom. The first kappa shape index (κ1) is 14.1. The van der Waals surface area contributed by atoms with E-state index < -0.39 is 6.04 Å². The summed E-state index contributed by atoms with van der Waals surface area (Å²) in [7, 11) is 0. The molecule has 2 nitrogen and oxygen atoms in total. The van der Waals surface area contributed by atoms with Gasteiger partial charge in [-0.25, -0.2) is 4.39 Å². The zero-order valence-electron chi connectivity index (χ0n) is 11.8. The predicted molar refractivity (Wildman–Crippen MR) is 83.1 cm³/mol. The number of furan rings is 1. The lowest BCUT2D eigenvalue weighted by molar-refractivity contribution is 0.519. The van der Waals surface area contributed by atoms with Crippen LogP contribution in [0.25, 0.3) is 11.0 Å². The molecule has 0 saturated heterocycles. The molecule has 1 atom stereocenters. The van der Waals surface area contributed by atoms with Gasteiger partial charge in [-0.3, -0.25) is 0 Å². The maximum Gasteiger partial charge on any atom is 0.134 e. The molecule has 108 valence electrons. The highest BCUT2D eigenvalue weighted by Gasteiger charge is 2.19. The quantitative estimate of drug-likeness (QED) is 0.732. The molecule has 4 heteroatoms. The standard InChI is InChI=1S/C17H15ClFNO/c1-9-3-4-11(7-14(9)19)16(20)17-10(2)13-8-12(18)5-6-15(13)21-17/h3-8,16H,20H2,1-2H3. The summed E-state index contributed by atoms with van der Waals surface area (Å²) in [6.07, 6.45) is 0. The molecule has 2 aromatic carbocycles. The molecule has 0 aliphatic rings. The molecule has 1 heterocycles. The van der Waals surface area contributed by atoms with Gasteiger partial charge in [-0.05, 0) is 49.2 Å². The van der Waals surface area contributed by atoms with Crippen LogP contribution in [0.2, 0.25) is 5.02 Å². The van der Waals surface area contributed by atoms with Gasteiger partial charge in [0.05, 0.1) is 6.04 Å². The summed E-state index contributed by atoms with van der Waals surface area (Å²) < 4.78 is 19.5. The van der Waals surface area contributed by atoms with Gasteiger partial charge in [-0.2, -0.15) is 0 Å². The predicted octanol–water partition coefficient (Wildman–Crippen LogP) is 4.89. The molecular formula is C17H15ClFNO. The highest BCUT2D eigenvalue weighted by atomic mass is 35.5. The van der Waals surface area contributed by atoms with Crippen molar-refractivity contribution < 1.29 is 8.81 Å². The van der Waals surface area contributed by atoms with Crippen LogP contribution in [-0.2, 0) is 0 Å². The molecular weight excluding hydrogens is 289 g/mol. The summed E-state index contributed by atoms with van der Waals surface area (Å²) in [4.78, 5) is 0. The van der Waals surface area contributed by atoms with Crippen molar-refractivity contribution in [1.82, 2.24) is 0 Å². The van der Waals surface area contributed by atoms with Gasteiger partial charge >= 0.3 is 0 Å². The number of hydrogen-bond donors (Lipinski definition) is 1. The highest BCUT2D eigenvalue weighted by molar-refractivity contribution is 6.31. The third-order valence-corrected chi connectivity index (χ3v) is 4.01. The van der Waals surface area contributed by atoms with Gasteiger partial charge in [-0.1, -0.05) is 23.7 Å². The van der Waals surface area contributed by atoms with Crippen molar-refractivity contribution in [2.24, 2.45) is 5.73 Å². The molecule has 3 rings (SSSR count). The minimum Gasteiger partial charge on any atom is -0.459 e. The zero-order valence-corrected chi connectivity index (χ0v) is 12.5. The smallest absolute Gasteiger partial charge is 0.134 e. The third-order valence-electron chi connectivity index (χ3n) is 3.77. The van der Waals surface area contributed by atoms with Crippen LogP contribution in [0.5, 0.6) is 0 Å². The first-order chi connectivity index (χ1) is 9.97. The second-order valence-corrected chi connectivity index (χ2v) is 5.65. The summed E-state index contributed by atoms with van der Waals surface area (Å²) in [6, 6.07) is 9.93. The maximum atomic E-state index is 13.7. The van der Waals surface area contributed by atoms with E-state index in [1.54, 1.807) is 19.1 Å². The van der Waals surface area contributed by atoms with Gasteiger partial charge in [0.25, 0.3) is 0 Å². The number of nitrogens with two attached hydrogens (primary N) is 1. The van der Waals surface area contributed by atoms with Gasteiger partial charge in [-0.15, -0.1) is 0 Å². The molecule has 0 aliphatic heterocycles. The zero-order chi connectivity index (χ0) is 15.1. The van der Waals surface area contributed by atoms with Gasteiger partial charge < -0.3 is 10.2 Å². The summed E-state index contributed by atoms with van der Waals surface area (Å²) in [5, 5.41) is 1.58. The van der Waals surface area contributed by atoms with E-state index in [0.29, 0.717) is 21.9 Å². The Hall–Kier alpha value is -1.84. The van der Waals surface area contributed by atoms with Crippen molar-refractivity contribution in [3.05, 3.63) is 69.7 Å². The molecule has 0 fully saturated rings. The summed E-state index contributed by atoms with van der Waals surface area (Å²) >= 11 is 6.01. The van der Waals surface area contributed by atoms with E-state index in [1.165, 1.54) is 6.07 Å². The summed E-state index contributed by atoms with van der Waals surface area (Å²) in [6.45, 7) is 3.65. The first-order valence-corrected chi connectivity index (χ1v) is 7.05. The van der Waals surface area contributed by atoms with E-state index in [9.17, 15) is 4.39 Å². The molecule has 0 aliphatic carbocycles. The fourth-order valence-corrected chi connectivity index (χ4v) is 2.63. The second kappa shape index (κ2) is 5.17. The first-order valence-electron chi connectivity index (χ1n) is 6.67. The van der Waals surface area contributed by atoms with Crippen molar-refractivity contribution in [2.75, 3.05) is 0 Å². The average molecular weight is 304 g/mol. The third kappa shape index (κ3) is 2.43. The molecule has 21 heavy (non-hydrogen) atoms. The Balaban J connectivity index is 2.10. The lowest BCUT2D eigenvalue weighted by atomic mass is 10.0. The minimum atomic E-state index is -0.508. The summed E-state index contributed by atoms with van der Waals surface area (Å²) in [5.41, 5.74) is 9.19. The van der Waals surface area contributed by atoms with Crippen molar-refractivity contribution in [3.63, 3.8) is 0 Å². The molecule has 0 bridgehead atoms. The Morgan fingerprint density at radius 3 is 2.62 bits per heavy atom. The molecule has 0 amide bonds. The molecule has 0 saturated carbocycles. The van der Waals surface area contributed by atoms with E-state index in [0.717, 1.165) is 16.5 Å². The Bertz CT molecular complexity index is 825. The van der Waals surface area contributed by atoms with Crippen LogP contribution in [0.15, 0.2) is 40.8 Å². The maximum absolute atomic E-state index is 13.7. The van der Waals surface area contributed by atoms with E-state index >= 15 is 0 Å². The van der Waals surface area contributed by atoms with Crippen LogP contribution in [0, 0.1) is 19.7 Å². The van der Waals surface area contributed by atoms with Crippen molar-refractivity contribution in [1.29, 1.82) is 0 Å². The summed E-state index contributed by atoms with van der Waals surface area (Å²) in [5.74, 6) is 0.371. The number of rotatable bonds is 2. The van der Waals surface area contributed by atoms with Crippen molar-refractivity contribution in [2.45, 2.75) is 19.9 Å². The monoisotopic (exact) mass is 303 g/mol. The molecule has 0 spiro atoms. The Labute approximate surface area is 127 Å². The van der Waals surface area contributed by atoms with Gasteiger partial charge in [0.2, 0.25) is 0 Å². The largest absolute Gasteiger partial charge is 0.459 e. The van der Waals surface area contributed by atoms with Gasteiger partial charge in [0.1, 0.15) is 17.2 Å². The Morgan fingerprint density at radius 1 is 1.14 bits per heavy atom. The number of fused-ring (bicyclic) bond motifs is 1. The van der Waals surface area contributed by atoms with Gasteiger partial charge in [0, 0.05) is 16.0 Å². The molecule has 0 radical (unpaired) electrons. The lowest BCUT2D eigenvalue weighted by Gasteiger charge is -2.11. The SMILES string of the molecule is Cc1ccc(C(N)c2oc3ccc(Cl)cc3c2C)cc1F. The van der Waals surface area contributed by atoms with E-state index in [2.05, 4.69) is 0 Å². The fraction of sp³-hybridized carbons (Fsp3) is 0.176. The second-order valence-electron chi connectivity index (χ2n) is 5.22. The van der Waals surface area contributed by atoms with Crippen LogP contribution < -0.4 is 5.73 Å². The van der Waals surface area contributed by atoms with Crippen LogP contribution in [0.4, 0.5) is 4.39 Å². The normalized spacial score (nSPS) is 12.8. The molecule has 3 aromatic rings. The number of benzene rings is 2.